The third-order valence-electron chi connectivity index (χ3n) is 2.87. The maximum absolute atomic E-state index is 11.3. The van der Waals surface area contributed by atoms with Crippen molar-refractivity contribution in [1.82, 2.24) is 9.55 Å². The molecule has 4 nitrogen and oxygen atoms in total. The fourth-order valence-electron chi connectivity index (χ4n) is 1.91. The van der Waals surface area contributed by atoms with Crippen molar-refractivity contribution >= 4 is 19.7 Å². The molecule has 0 bridgehead atoms. The largest absolute Gasteiger partial charge is 0.333 e. The van der Waals surface area contributed by atoms with Crippen molar-refractivity contribution in [2.75, 3.05) is 0 Å². The van der Waals surface area contributed by atoms with Gasteiger partial charge in [-0.15, -0.1) is 6.58 Å². The lowest BCUT2D eigenvalue weighted by molar-refractivity contribution is 0.568. The molecular formula is C13H21ClN2O2S. The smallest absolute Gasteiger partial charge is 0.280 e. The van der Waals surface area contributed by atoms with Gasteiger partial charge in [0.15, 0.2) is 5.03 Å². The van der Waals surface area contributed by atoms with Gasteiger partial charge in [0.25, 0.3) is 9.05 Å². The van der Waals surface area contributed by atoms with Gasteiger partial charge in [-0.1, -0.05) is 19.4 Å². The van der Waals surface area contributed by atoms with Crippen molar-refractivity contribution in [2.45, 2.75) is 57.0 Å². The van der Waals surface area contributed by atoms with E-state index in [-0.39, 0.29) is 5.03 Å². The second kappa shape index (κ2) is 7.70. The average Bonchev–Trinajstić information content (AvgIpc) is 2.73. The van der Waals surface area contributed by atoms with Crippen molar-refractivity contribution in [3.05, 3.63) is 24.7 Å². The minimum Gasteiger partial charge on any atom is -0.333 e. The Morgan fingerprint density at radius 2 is 2.16 bits per heavy atom. The van der Waals surface area contributed by atoms with Crippen LogP contribution in [0.3, 0.4) is 0 Å². The van der Waals surface area contributed by atoms with E-state index in [2.05, 4.69) is 11.6 Å². The SMILES string of the molecule is C=CCCCCCn1cc(S(=O)(=O)Cl)nc1CCC. The molecule has 0 amide bonds. The Balaban J connectivity index is 2.69. The highest BCUT2D eigenvalue weighted by molar-refractivity contribution is 8.13. The normalized spacial score (nSPS) is 11.7. The molecule has 0 saturated heterocycles. The van der Waals surface area contributed by atoms with Crippen LogP contribution in [0.25, 0.3) is 0 Å². The monoisotopic (exact) mass is 304 g/mol. The third kappa shape index (κ3) is 5.37. The van der Waals surface area contributed by atoms with Crippen LogP contribution in [0.4, 0.5) is 0 Å². The molecule has 1 aromatic heterocycles. The van der Waals surface area contributed by atoms with E-state index in [1.165, 1.54) is 0 Å². The van der Waals surface area contributed by atoms with Crippen LogP contribution in [0, 0.1) is 0 Å². The van der Waals surface area contributed by atoms with Gasteiger partial charge >= 0.3 is 0 Å². The number of allylic oxidation sites excluding steroid dienone is 1. The maximum Gasteiger partial charge on any atom is 0.280 e. The number of unbranched alkanes of at least 4 members (excludes halogenated alkanes) is 3. The lowest BCUT2D eigenvalue weighted by Gasteiger charge is -2.06. The first-order valence-electron chi connectivity index (χ1n) is 6.60. The van der Waals surface area contributed by atoms with E-state index < -0.39 is 9.05 Å². The number of rotatable bonds is 9. The van der Waals surface area contributed by atoms with Gasteiger partial charge in [0.05, 0.1) is 0 Å². The van der Waals surface area contributed by atoms with Crippen LogP contribution in [0.2, 0.25) is 0 Å². The summed E-state index contributed by atoms with van der Waals surface area (Å²) in [5, 5.41) is -0.0382. The first-order chi connectivity index (χ1) is 8.99. The molecule has 0 fully saturated rings. The lowest BCUT2D eigenvalue weighted by atomic mass is 10.2. The summed E-state index contributed by atoms with van der Waals surface area (Å²) in [6.45, 7) is 6.51. The average molecular weight is 305 g/mol. The molecule has 0 aliphatic heterocycles. The van der Waals surface area contributed by atoms with Gasteiger partial charge in [0, 0.05) is 29.8 Å². The number of imidazole rings is 1. The summed E-state index contributed by atoms with van der Waals surface area (Å²) in [5.74, 6) is 0.797. The summed E-state index contributed by atoms with van der Waals surface area (Å²) in [7, 11) is 1.60. The van der Waals surface area contributed by atoms with Crippen LogP contribution in [-0.4, -0.2) is 18.0 Å². The summed E-state index contributed by atoms with van der Waals surface area (Å²) in [6.07, 6.45) is 9.38. The Labute approximate surface area is 119 Å². The molecule has 1 rings (SSSR count). The first-order valence-corrected chi connectivity index (χ1v) is 8.91. The fourth-order valence-corrected chi connectivity index (χ4v) is 2.60. The molecule has 6 heteroatoms. The van der Waals surface area contributed by atoms with Crippen LogP contribution in [0.1, 0.15) is 44.9 Å². The van der Waals surface area contributed by atoms with E-state index in [9.17, 15) is 8.42 Å². The second-order valence-corrected chi connectivity index (χ2v) is 7.03. The van der Waals surface area contributed by atoms with Gasteiger partial charge < -0.3 is 4.57 Å². The molecule has 0 aliphatic carbocycles. The van der Waals surface area contributed by atoms with Crippen LogP contribution >= 0.6 is 10.7 Å². The maximum atomic E-state index is 11.3. The fraction of sp³-hybridized carbons (Fsp3) is 0.615. The molecule has 0 atom stereocenters. The number of halogens is 1. The molecule has 19 heavy (non-hydrogen) atoms. The molecule has 0 N–H and O–H groups in total. The Hall–Kier alpha value is -0.810. The van der Waals surface area contributed by atoms with Gasteiger partial charge in [-0.2, -0.15) is 0 Å². The highest BCUT2D eigenvalue weighted by Gasteiger charge is 2.17. The van der Waals surface area contributed by atoms with E-state index in [0.29, 0.717) is 0 Å². The third-order valence-corrected chi connectivity index (χ3v) is 4.04. The van der Waals surface area contributed by atoms with Crippen molar-refractivity contribution in [3.63, 3.8) is 0 Å². The van der Waals surface area contributed by atoms with Gasteiger partial charge in [0.2, 0.25) is 0 Å². The Bertz CT molecular complexity index is 509. The highest BCUT2D eigenvalue weighted by Crippen LogP contribution is 2.16. The summed E-state index contributed by atoms with van der Waals surface area (Å²) < 4.78 is 24.5. The second-order valence-electron chi connectivity index (χ2n) is 4.51. The van der Waals surface area contributed by atoms with Gasteiger partial charge in [-0.05, 0) is 25.7 Å². The number of aryl methyl sites for hydroxylation is 2. The molecule has 0 radical (unpaired) electrons. The molecule has 0 unspecified atom stereocenters. The molecule has 0 aromatic carbocycles. The zero-order valence-electron chi connectivity index (χ0n) is 11.3. The van der Waals surface area contributed by atoms with Crippen LogP contribution in [-0.2, 0) is 22.0 Å². The Morgan fingerprint density at radius 3 is 2.74 bits per heavy atom. The van der Waals surface area contributed by atoms with Gasteiger partial charge in [-0.25, -0.2) is 13.4 Å². The predicted octanol–water partition coefficient (Wildman–Crippen LogP) is 3.51. The van der Waals surface area contributed by atoms with E-state index in [1.807, 2.05) is 17.6 Å². The minimum atomic E-state index is -3.74. The quantitative estimate of drug-likeness (QED) is 0.398. The first kappa shape index (κ1) is 16.2. The van der Waals surface area contributed by atoms with E-state index >= 15 is 0 Å². The van der Waals surface area contributed by atoms with Crippen molar-refractivity contribution in [2.24, 2.45) is 0 Å². The Morgan fingerprint density at radius 1 is 1.42 bits per heavy atom. The number of hydrogen-bond donors (Lipinski definition) is 0. The van der Waals surface area contributed by atoms with E-state index in [1.54, 1.807) is 6.20 Å². The molecule has 1 heterocycles. The van der Waals surface area contributed by atoms with Crippen LogP contribution in [0.5, 0.6) is 0 Å². The Kier molecular flexibility index (Phi) is 6.58. The van der Waals surface area contributed by atoms with E-state index in [4.69, 9.17) is 10.7 Å². The molecule has 0 aliphatic rings. The standard InChI is InChI=1S/C13H21ClN2O2S/c1-3-5-6-7-8-10-16-11-13(19(14,17)18)15-12(16)9-4-2/h3,11H,1,4-10H2,2H3. The number of aromatic nitrogens is 2. The summed E-state index contributed by atoms with van der Waals surface area (Å²) in [6, 6.07) is 0. The van der Waals surface area contributed by atoms with Gasteiger partial charge in [-0.3, -0.25) is 0 Å². The zero-order chi connectivity index (χ0) is 14.3. The minimum absolute atomic E-state index is 0.0382. The number of hydrogen-bond acceptors (Lipinski definition) is 3. The zero-order valence-corrected chi connectivity index (χ0v) is 12.9. The molecule has 1 aromatic rings. The van der Waals surface area contributed by atoms with Crippen LogP contribution < -0.4 is 0 Å². The van der Waals surface area contributed by atoms with Crippen LogP contribution in [0.15, 0.2) is 23.9 Å². The molecule has 108 valence electrons. The van der Waals surface area contributed by atoms with Crippen molar-refractivity contribution in [3.8, 4) is 0 Å². The van der Waals surface area contributed by atoms with Crippen molar-refractivity contribution in [1.29, 1.82) is 0 Å². The molecule has 0 spiro atoms. The lowest BCUT2D eigenvalue weighted by Crippen LogP contribution is -2.02. The predicted molar refractivity (Wildman–Crippen MR) is 77.9 cm³/mol. The van der Waals surface area contributed by atoms with E-state index in [0.717, 1.165) is 50.9 Å². The summed E-state index contributed by atoms with van der Waals surface area (Å²) >= 11 is 0. The topological polar surface area (TPSA) is 52.0 Å². The summed E-state index contributed by atoms with van der Waals surface area (Å²) in [5.41, 5.74) is 0. The number of nitrogens with zero attached hydrogens (tertiary/aromatic N) is 2. The molecule has 0 saturated carbocycles. The van der Waals surface area contributed by atoms with Crippen molar-refractivity contribution < 1.29 is 8.42 Å². The summed E-state index contributed by atoms with van der Waals surface area (Å²) in [4.78, 5) is 4.11. The molecular weight excluding hydrogens is 284 g/mol. The van der Waals surface area contributed by atoms with Gasteiger partial charge in [0.1, 0.15) is 5.82 Å². The highest BCUT2D eigenvalue weighted by atomic mass is 35.7.